The number of ether oxygens (including phenoxy) is 1. The van der Waals surface area contributed by atoms with Crippen molar-refractivity contribution in [3.8, 4) is 5.75 Å². The number of carbonyl (C=O) groups is 1. The van der Waals surface area contributed by atoms with E-state index in [1.54, 1.807) is 37.4 Å². The lowest BCUT2D eigenvalue weighted by Crippen LogP contribution is -2.10. The van der Waals surface area contributed by atoms with Crippen LogP contribution in [0.25, 0.3) is 0 Å². The molecule has 0 saturated carbocycles. The number of methoxy groups -OCH3 is 1. The normalized spacial score (nSPS) is 10.2. The monoisotopic (exact) mass is 373 g/mol. The Morgan fingerprint density at radius 1 is 1.28 bits per heavy atom. The molecule has 0 bridgehead atoms. The minimum Gasteiger partial charge on any atom is -0.495 e. The molecule has 6 heteroatoms. The van der Waals surface area contributed by atoms with Gasteiger partial charge in [-0.15, -0.1) is 0 Å². The van der Waals surface area contributed by atoms with E-state index in [0.717, 1.165) is 4.47 Å². The molecule has 0 spiro atoms. The number of benzene rings is 1. The number of hydrogen-bond donors (Lipinski definition) is 1. The highest BCUT2D eigenvalue weighted by Crippen LogP contribution is 2.28. The van der Waals surface area contributed by atoms with Gasteiger partial charge in [0, 0.05) is 11.8 Å². The van der Waals surface area contributed by atoms with Crippen LogP contribution in [0.15, 0.2) is 43.9 Å². The number of furan rings is 1. The van der Waals surface area contributed by atoms with Gasteiger partial charge in [0.25, 0.3) is 5.91 Å². The molecular formula is C12H9Br2NO3. The summed E-state index contributed by atoms with van der Waals surface area (Å²) in [4.78, 5) is 11.8. The zero-order chi connectivity index (χ0) is 13.1. The van der Waals surface area contributed by atoms with Gasteiger partial charge in [0.05, 0.1) is 11.6 Å². The van der Waals surface area contributed by atoms with Gasteiger partial charge in [-0.1, -0.05) is 0 Å². The summed E-state index contributed by atoms with van der Waals surface area (Å²) < 4.78 is 11.6. The van der Waals surface area contributed by atoms with E-state index in [2.05, 4.69) is 37.2 Å². The molecule has 0 aliphatic heterocycles. The molecule has 1 aromatic carbocycles. The first-order valence-corrected chi connectivity index (χ1v) is 6.59. The predicted octanol–water partition coefficient (Wildman–Crippen LogP) is 4.07. The number of hydrogen-bond acceptors (Lipinski definition) is 3. The zero-order valence-corrected chi connectivity index (χ0v) is 12.5. The Morgan fingerprint density at radius 2 is 2.06 bits per heavy atom. The minimum absolute atomic E-state index is 0.240. The van der Waals surface area contributed by atoms with Crippen LogP contribution in [0.1, 0.15) is 10.6 Å². The van der Waals surface area contributed by atoms with Crippen molar-refractivity contribution < 1.29 is 13.9 Å². The SMILES string of the molecule is COc1cc(NC(=O)c2ccc(Br)o2)ccc1Br. The number of anilines is 1. The fraction of sp³-hybridized carbons (Fsp3) is 0.0833. The summed E-state index contributed by atoms with van der Waals surface area (Å²) in [6.07, 6.45) is 0. The number of rotatable bonds is 3. The van der Waals surface area contributed by atoms with Gasteiger partial charge < -0.3 is 14.5 Å². The lowest BCUT2D eigenvalue weighted by atomic mass is 10.3. The molecule has 2 aromatic rings. The lowest BCUT2D eigenvalue weighted by Gasteiger charge is -2.07. The molecule has 0 aliphatic rings. The van der Waals surface area contributed by atoms with Crippen LogP contribution in [0.4, 0.5) is 5.69 Å². The van der Waals surface area contributed by atoms with Crippen molar-refractivity contribution >= 4 is 43.5 Å². The van der Waals surface area contributed by atoms with Crippen molar-refractivity contribution in [2.24, 2.45) is 0 Å². The molecule has 0 unspecified atom stereocenters. The summed E-state index contributed by atoms with van der Waals surface area (Å²) in [5.74, 6) is 0.572. The van der Waals surface area contributed by atoms with Crippen molar-refractivity contribution in [3.05, 3.63) is 45.2 Å². The largest absolute Gasteiger partial charge is 0.495 e. The van der Waals surface area contributed by atoms with Crippen molar-refractivity contribution in [1.82, 2.24) is 0 Å². The molecule has 94 valence electrons. The fourth-order valence-electron chi connectivity index (χ4n) is 1.37. The Labute approximate surface area is 121 Å². The smallest absolute Gasteiger partial charge is 0.291 e. The van der Waals surface area contributed by atoms with Crippen LogP contribution in [0.3, 0.4) is 0 Å². The van der Waals surface area contributed by atoms with Crippen LogP contribution >= 0.6 is 31.9 Å². The van der Waals surface area contributed by atoms with Gasteiger partial charge in [-0.2, -0.15) is 0 Å². The summed E-state index contributed by atoms with van der Waals surface area (Å²) in [6.45, 7) is 0. The third-order valence-electron chi connectivity index (χ3n) is 2.21. The minimum atomic E-state index is -0.315. The Balaban J connectivity index is 2.16. The predicted molar refractivity (Wildman–Crippen MR) is 75.1 cm³/mol. The van der Waals surface area contributed by atoms with Crippen molar-refractivity contribution in [2.45, 2.75) is 0 Å². The molecule has 4 nitrogen and oxygen atoms in total. The van der Waals surface area contributed by atoms with Crippen LogP contribution in [-0.2, 0) is 0 Å². The quantitative estimate of drug-likeness (QED) is 0.881. The second-order valence-corrected chi connectivity index (χ2v) is 5.04. The molecule has 18 heavy (non-hydrogen) atoms. The Morgan fingerprint density at radius 3 is 2.67 bits per heavy atom. The fourth-order valence-corrected chi connectivity index (χ4v) is 2.08. The molecule has 1 N–H and O–H groups in total. The number of halogens is 2. The average molecular weight is 375 g/mol. The molecule has 1 heterocycles. The number of nitrogens with one attached hydrogen (secondary N) is 1. The maximum Gasteiger partial charge on any atom is 0.291 e. The molecule has 0 atom stereocenters. The van der Waals surface area contributed by atoms with Crippen molar-refractivity contribution in [3.63, 3.8) is 0 Å². The third-order valence-corrected chi connectivity index (χ3v) is 3.29. The first-order chi connectivity index (χ1) is 8.60. The highest BCUT2D eigenvalue weighted by molar-refractivity contribution is 9.10. The van der Waals surface area contributed by atoms with E-state index in [-0.39, 0.29) is 11.7 Å². The van der Waals surface area contributed by atoms with Gasteiger partial charge in [0.15, 0.2) is 10.4 Å². The average Bonchev–Trinajstić information content (AvgIpc) is 2.78. The van der Waals surface area contributed by atoms with Gasteiger partial charge in [0.1, 0.15) is 5.75 Å². The highest BCUT2D eigenvalue weighted by atomic mass is 79.9. The number of amides is 1. The lowest BCUT2D eigenvalue weighted by molar-refractivity contribution is 0.0995. The maximum atomic E-state index is 11.8. The molecule has 0 radical (unpaired) electrons. The summed E-state index contributed by atoms with van der Waals surface area (Å²) in [5.41, 5.74) is 0.632. The van der Waals surface area contributed by atoms with Crippen LogP contribution in [-0.4, -0.2) is 13.0 Å². The van der Waals surface area contributed by atoms with Gasteiger partial charge in [-0.05, 0) is 56.1 Å². The molecule has 2 rings (SSSR count). The van der Waals surface area contributed by atoms with E-state index in [4.69, 9.17) is 9.15 Å². The summed E-state index contributed by atoms with van der Waals surface area (Å²) in [5, 5.41) is 2.72. The topological polar surface area (TPSA) is 51.5 Å². The summed E-state index contributed by atoms with van der Waals surface area (Å²) in [7, 11) is 1.56. The second kappa shape index (κ2) is 5.58. The standard InChI is InChI=1S/C12H9Br2NO3/c1-17-10-6-7(2-3-8(10)13)15-12(16)9-4-5-11(14)18-9/h2-6H,1H3,(H,15,16). The Bertz CT molecular complexity index is 580. The van der Waals surface area contributed by atoms with Gasteiger partial charge in [-0.25, -0.2) is 0 Å². The second-order valence-electron chi connectivity index (χ2n) is 3.41. The summed E-state index contributed by atoms with van der Waals surface area (Å²) >= 11 is 6.49. The van der Waals surface area contributed by atoms with E-state index in [1.807, 2.05) is 0 Å². The molecule has 0 saturated heterocycles. The first-order valence-electron chi connectivity index (χ1n) is 5.00. The Kier molecular flexibility index (Phi) is 4.08. The van der Waals surface area contributed by atoms with Crippen LogP contribution in [0.5, 0.6) is 5.75 Å². The van der Waals surface area contributed by atoms with Crippen molar-refractivity contribution in [1.29, 1.82) is 0 Å². The summed E-state index contributed by atoms with van der Waals surface area (Å²) in [6, 6.07) is 8.54. The molecular weight excluding hydrogens is 366 g/mol. The van der Waals surface area contributed by atoms with Crippen molar-refractivity contribution in [2.75, 3.05) is 12.4 Å². The maximum absolute atomic E-state index is 11.8. The zero-order valence-electron chi connectivity index (χ0n) is 9.37. The van der Waals surface area contributed by atoms with Crippen LogP contribution in [0, 0.1) is 0 Å². The van der Waals surface area contributed by atoms with E-state index in [1.165, 1.54) is 0 Å². The van der Waals surface area contributed by atoms with E-state index in [9.17, 15) is 4.79 Å². The van der Waals surface area contributed by atoms with E-state index >= 15 is 0 Å². The molecule has 0 fully saturated rings. The van der Waals surface area contributed by atoms with E-state index in [0.29, 0.717) is 16.1 Å². The van der Waals surface area contributed by atoms with Gasteiger partial charge >= 0.3 is 0 Å². The Hall–Kier alpha value is -1.27. The molecule has 1 aromatic heterocycles. The van der Waals surface area contributed by atoms with Gasteiger partial charge in [0.2, 0.25) is 0 Å². The highest BCUT2D eigenvalue weighted by Gasteiger charge is 2.11. The van der Waals surface area contributed by atoms with E-state index < -0.39 is 0 Å². The third kappa shape index (κ3) is 2.94. The first kappa shape index (κ1) is 13.2. The molecule has 1 amide bonds. The molecule has 0 aliphatic carbocycles. The van der Waals surface area contributed by atoms with Crippen LogP contribution < -0.4 is 10.1 Å². The number of carbonyl (C=O) groups excluding carboxylic acids is 1. The van der Waals surface area contributed by atoms with Crippen LogP contribution in [0.2, 0.25) is 0 Å². The van der Waals surface area contributed by atoms with Gasteiger partial charge in [-0.3, -0.25) is 4.79 Å².